The second kappa shape index (κ2) is 8.10. The molecule has 0 spiro atoms. The molecule has 0 radical (unpaired) electrons. The highest BCUT2D eigenvalue weighted by molar-refractivity contribution is 5.77. The second-order valence-corrected chi connectivity index (χ2v) is 5.76. The number of carbonyl (C=O) groups excluding carboxylic acids is 1. The van der Waals surface area contributed by atoms with E-state index in [2.05, 4.69) is 22.1 Å². The molecule has 122 valence electrons. The molecule has 2 rings (SSSR count). The Hall–Kier alpha value is -1.66. The zero-order valence-electron chi connectivity index (χ0n) is 13.3. The maximum Gasteiger partial charge on any atom is 0.245 e. The van der Waals surface area contributed by atoms with Crippen molar-refractivity contribution < 1.29 is 14.6 Å². The van der Waals surface area contributed by atoms with Gasteiger partial charge < -0.3 is 15.2 Å². The molecule has 1 aliphatic rings. The summed E-state index contributed by atoms with van der Waals surface area (Å²) in [5.41, 5.74) is 0.962. The van der Waals surface area contributed by atoms with Gasteiger partial charge in [-0.15, -0.1) is 0 Å². The van der Waals surface area contributed by atoms with Gasteiger partial charge in [-0.3, -0.25) is 14.7 Å². The summed E-state index contributed by atoms with van der Waals surface area (Å²) in [5, 5.41) is 11.8. The fraction of sp³-hybridized carbons (Fsp3) is 0.625. The van der Waals surface area contributed by atoms with Crippen LogP contribution in [0.5, 0.6) is 5.75 Å². The van der Waals surface area contributed by atoms with E-state index < -0.39 is 6.61 Å². The van der Waals surface area contributed by atoms with E-state index >= 15 is 0 Å². The lowest BCUT2D eigenvalue weighted by Crippen LogP contribution is -2.41. The summed E-state index contributed by atoms with van der Waals surface area (Å²) in [5.74, 6) is 0.929. The number of rotatable bonds is 7. The highest BCUT2D eigenvalue weighted by Gasteiger charge is 2.33. The summed E-state index contributed by atoms with van der Waals surface area (Å²) >= 11 is 0. The van der Waals surface area contributed by atoms with Gasteiger partial charge in [-0.05, 0) is 18.4 Å². The minimum absolute atomic E-state index is 0.102. The van der Waals surface area contributed by atoms with Crippen LogP contribution in [0.2, 0.25) is 0 Å². The van der Waals surface area contributed by atoms with Crippen molar-refractivity contribution in [2.75, 3.05) is 26.8 Å². The first kappa shape index (κ1) is 16.7. The topological polar surface area (TPSA) is 74.7 Å². The standard InChI is InChI=1S/C16H25N3O3/c1-3-4-12-8-19(10-15(12)18-16(21)11-20)9-13-7-14(22-2)5-6-17-13/h5-7,12,15,20H,3-4,8-11H2,1-2H3,(H,18,21). The van der Waals surface area contributed by atoms with Crippen molar-refractivity contribution >= 4 is 5.91 Å². The number of nitrogens with zero attached hydrogens (tertiary/aromatic N) is 2. The summed E-state index contributed by atoms with van der Waals surface area (Å²) in [6.07, 6.45) is 3.90. The summed E-state index contributed by atoms with van der Waals surface area (Å²) in [6.45, 7) is 4.16. The zero-order chi connectivity index (χ0) is 15.9. The summed E-state index contributed by atoms with van der Waals surface area (Å²) in [7, 11) is 1.65. The monoisotopic (exact) mass is 307 g/mol. The molecule has 0 aromatic carbocycles. The molecule has 1 saturated heterocycles. The Kier molecular flexibility index (Phi) is 6.15. The van der Waals surface area contributed by atoms with Gasteiger partial charge in [-0.1, -0.05) is 13.3 Å². The second-order valence-electron chi connectivity index (χ2n) is 5.76. The SMILES string of the molecule is CCCC1CN(Cc2cc(OC)ccn2)CC1NC(=O)CO. The summed E-state index contributed by atoms with van der Waals surface area (Å²) in [6, 6.07) is 3.87. The summed E-state index contributed by atoms with van der Waals surface area (Å²) in [4.78, 5) is 18.1. The number of pyridine rings is 1. The molecule has 2 N–H and O–H groups in total. The Bertz CT molecular complexity index is 495. The molecule has 1 fully saturated rings. The van der Waals surface area contributed by atoms with Gasteiger partial charge in [0.25, 0.3) is 0 Å². The number of hydrogen-bond donors (Lipinski definition) is 2. The number of hydrogen-bond acceptors (Lipinski definition) is 5. The van der Waals surface area contributed by atoms with Crippen LogP contribution in [0.1, 0.15) is 25.5 Å². The van der Waals surface area contributed by atoms with Crippen LogP contribution in [0.25, 0.3) is 0 Å². The maximum absolute atomic E-state index is 11.5. The average molecular weight is 307 g/mol. The lowest BCUT2D eigenvalue weighted by atomic mass is 9.98. The van der Waals surface area contributed by atoms with Gasteiger partial charge in [0.15, 0.2) is 0 Å². The van der Waals surface area contributed by atoms with Crippen molar-refractivity contribution in [1.29, 1.82) is 0 Å². The van der Waals surface area contributed by atoms with Crippen LogP contribution in [0.3, 0.4) is 0 Å². The largest absolute Gasteiger partial charge is 0.497 e. The van der Waals surface area contributed by atoms with E-state index in [1.807, 2.05) is 12.1 Å². The molecule has 22 heavy (non-hydrogen) atoms. The van der Waals surface area contributed by atoms with Crippen LogP contribution in [0, 0.1) is 5.92 Å². The molecule has 6 heteroatoms. The molecule has 6 nitrogen and oxygen atoms in total. The number of carbonyl (C=O) groups is 1. The average Bonchev–Trinajstić information content (AvgIpc) is 2.89. The quantitative estimate of drug-likeness (QED) is 0.779. The van der Waals surface area contributed by atoms with Gasteiger partial charge in [0.05, 0.1) is 12.8 Å². The molecule has 0 aliphatic carbocycles. The molecule has 2 unspecified atom stereocenters. The number of aliphatic hydroxyl groups is 1. The molecule has 2 atom stereocenters. The minimum Gasteiger partial charge on any atom is -0.497 e. The van der Waals surface area contributed by atoms with E-state index in [9.17, 15) is 4.79 Å². The van der Waals surface area contributed by atoms with Crippen molar-refractivity contribution in [2.24, 2.45) is 5.92 Å². The number of nitrogens with one attached hydrogen (secondary N) is 1. The van der Waals surface area contributed by atoms with Gasteiger partial charge in [0.2, 0.25) is 5.91 Å². The van der Waals surface area contributed by atoms with E-state index in [1.165, 1.54) is 0 Å². The number of methoxy groups -OCH3 is 1. The molecule has 0 bridgehead atoms. The Morgan fingerprint density at radius 3 is 3.05 bits per heavy atom. The van der Waals surface area contributed by atoms with Crippen LogP contribution < -0.4 is 10.1 Å². The highest BCUT2D eigenvalue weighted by Crippen LogP contribution is 2.23. The Labute approximate surface area is 131 Å². The number of likely N-dealkylation sites (tertiary alicyclic amines) is 1. The first-order valence-corrected chi connectivity index (χ1v) is 7.77. The van der Waals surface area contributed by atoms with Gasteiger partial charge in [-0.2, -0.15) is 0 Å². The molecule has 1 aromatic heterocycles. The first-order chi connectivity index (χ1) is 10.7. The van der Waals surface area contributed by atoms with Crippen LogP contribution in [0.15, 0.2) is 18.3 Å². The molecule has 1 amide bonds. The highest BCUT2D eigenvalue weighted by atomic mass is 16.5. The number of aliphatic hydroxyl groups excluding tert-OH is 1. The zero-order valence-corrected chi connectivity index (χ0v) is 13.3. The molecule has 1 aliphatic heterocycles. The van der Waals surface area contributed by atoms with Crippen LogP contribution >= 0.6 is 0 Å². The predicted molar refractivity (Wildman–Crippen MR) is 83.5 cm³/mol. The van der Waals surface area contributed by atoms with E-state index in [-0.39, 0.29) is 11.9 Å². The Morgan fingerprint density at radius 2 is 2.36 bits per heavy atom. The van der Waals surface area contributed by atoms with E-state index in [0.29, 0.717) is 5.92 Å². The van der Waals surface area contributed by atoms with Crippen molar-refractivity contribution in [2.45, 2.75) is 32.4 Å². The van der Waals surface area contributed by atoms with Gasteiger partial charge in [-0.25, -0.2) is 0 Å². The number of ether oxygens (including phenoxy) is 1. The van der Waals surface area contributed by atoms with Gasteiger partial charge >= 0.3 is 0 Å². The smallest absolute Gasteiger partial charge is 0.245 e. The lowest BCUT2D eigenvalue weighted by molar-refractivity contribution is -0.124. The third-order valence-corrected chi connectivity index (χ3v) is 4.08. The number of amides is 1. The Morgan fingerprint density at radius 1 is 1.55 bits per heavy atom. The molecular weight excluding hydrogens is 282 g/mol. The normalized spacial score (nSPS) is 21.8. The minimum atomic E-state index is -0.452. The fourth-order valence-electron chi connectivity index (χ4n) is 3.07. The van der Waals surface area contributed by atoms with E-state index in [0.717, 1.165) is 43.9 Å². The predicted octanol–water partition coefficient (Wildman–Crippen LogP) is 0.799. The molecule has 0 saturated carbocycles. The third kappa shape index (κ3) is 4.42. The third-order valence-electron chi connectivity index (χ3n) is 4.08. The molecule has 1 aromatic rings. The van der Waals surface area contributed by atoms with Gasteiger partial charge in [0.1, 0.15) is 12.4 Å². The van der Waals surface area contributed by atoms with Crippen LogP contribution in [0.4, 0.5) is 0 Å². The van der Waals surface area contributed by atoms with Crippen molar-refractivity contribution in [3.8, 4) is 5.75 Å². The summed E-state index contributed by atoms with van der Waals surface area (Å²) < 4.78 is 5.22. The van der Waals surface area contributed by atoms with E-state index in [4.69, 9.17) is 9.84 Å². The lowest BCUT2D eigenvalue weighted by Gasteiger charge is -2.18. The van der Waals surface area contributed by atoms with Crippen LogP contribution in [-0.4, -0.2) is 53.7 Å². The maximum atomic E-state index is 11.5. The fourth-order valence-corrected chi connectivity index (χ4v) is 3.07. The van der Waals surface area contributed by atoms with Gasteiger partial charge in [0, 0.05) is 37.9 Å². The van der Waals surface area contributed by atoms with Crippen molar-refractivity contribution in [1.82, 2.24) is 15.2 Å². The Balaban J connectivity index is 1.98. The first-order valence-electron chi connectivity index (χ1n) is 7.77. The number of aromatic nitrogens is 1. The molecule has 2 heterocycles. The van der Waals surface area contributed by atoms with Crippen molar-refractivity contribution in [3.05, 3.63) is 24.0 Å². The van der Waals surface area contributed by atoms with E-state index in [1.54, 1.807) is 13.3 Å². The van der Waals surface area contributed by atoms with Crippen LogP contribution in [-0.2, 0) is 11.3 Å². The molecular formula is C16H25N3O3. The van der Waals surface area contributed by atoms with Crippen molar-refractivity contribution in [3.63, 3.8) is 0 Å².